The van der Waals surface area contributed by atoms with Gasteiger partial charge < -0.3 is 9.84 Å². The van der Waals surface area contributed by atoms with E-state index in [1.807, 2.05) is 6.92 Å². The highest BCUT2D eigenvalue weighted by molar-refractivity contribution is 5.65. The Morgan fingerprint density at radius 3 is 2.26 bits per heavy atom. The van der Waals surface area contributed by atoms with Crippen LogP contribution in [-0.4, -0.2) is 11.7 Å². The van der Waals surface area contributed by atoms with Crippen LogP contribution in [0.3, 0.4) is 0 Å². The lowest BCUT2D eigenvalue weighted by Gasteiger charge is -2.29. The molecule has 34 heavy (non-hydrogen) atoms. The monoisotopic (exact) mass is 468 g/mol. The molecule has 0 radical (unpaired) electrons. The molecule has 0 bridgehead atoms. The Morgan fingerprint density at radius 2 is 1.62 bits per heavy atom. The summed E-state index contributed by atoms with van der Waals surface area (Å²) < 4.78 is 49.6. The highest BCUT2D eigenvalue weighted by Gasteiger charge is 2.26. The average Bonchev–Trinajstić information content (AvgIpc) is 2.86. The highest BCUT2D eigenvalue weighted by Crippen LogP contribution is 2.40. The molecule has 1 aliphatic carbocycles. The smallest absolute Gasteiger partial charge is 0.166 e. The number of hydrogen-bond donors (Lipinski definition) is 1. The number of hydrogen-bond acceptors (Lipinski definition) is 2. The van der Waals surface area contributed by atoms with Crippen LogP contribution >= 0.6 is 0 Å². The number of aliphatic hydroxyl groups excluding tert-OH is 1. The fraction of sp³-hybridized carbons (Fsp3) is 0.379. The van der Waals surface area contributed by atoms with Crippen molar-refractivity contribution in [3.8, 4) is 16.9 Å². The quantitative estimate of drug-likeness (QED) is 0.369. The van der Waals surface area contributed by atoms with E-state index in [4.69, 9.17) is 4.74 Å². The van der Waals surface area contributed by atoms with Crippen molar-refractivity contribution in [2.24, 2.45) is 5.92 Å². The van der Waals surface area contributed by atoms with Crippen LogP contribution in [0.15, 0.2) is 54.6 Å². The summed E-state index contributed by atoms with van der Waals surface area (Å²) in [6.07, 6.45) is 5.01. The summed E-state index contributed by atoms with van der Waals surface area (Å²) in [5.74, 6) is -0.806. The van der Waals surface area contributed by atoms with Gasteiger partial charge in [0, 0.05) is 11.6 Å². The first kappa shape index (κ1) is 24.3. The number of rotatable bonds is 8. The van der Waals surface area contributed by atoms with E-state index in [0.717, 1.165) is 37.7 Å². The summed E-state index contributed by atoms with van der Waals surface area (Å²) in [5, 5.41) is 9.17. The first-order chi connectivity index (χ1) is 16.5. The zero-order chi connectivity index (χ0) is 24.1. The largest absolute Gasteiger partial charge is 0.494 e. The zero-order valence-electron chi connectivity index (χ0n) is 19.5. The van der Waals surface area contributed by atoms with Crippen molar-refractivity contribution in [1.29, 1.82) is 0 Å². The lowest BCUT2D eigenvalue weighted by atomic mass is 9.76. The fourth-order valence-corrected chi connectivity index (χ4v) is 5.00. The maximum atomic E-state index is 15.0. The Balaban J connectivity index is 1.36. The minimum absolute atomic E-state index is 0.00113. The Kier molecular flexibility index (Phi) is 7.94. The third kappa shape index (κ3) is 5.47. The summed E-state index contributed by atoms with van der Waals surface area (Å²) in [4.78, 5) is 0. The van der Waals surface area contributed by atoms with Gasteiger partial charge in [-0.05, 0) is 85.6 Å². The van der Waals surface area contributed by atoms with Gasteiger partial charge in [-0.1, -0.05) is 42.5 Å². The van der Waals surface area contributed by atoms with E-state index < -0.39 is 11.6 Å². The number of aryl methyl sites for hydroxylation is 1. The molecule has 0 amide bonds. The molecular weight excluding hydrogens is 437 g/mol. The number of halogens is 3. The maximum absolute atomic E-state index is 15.0. The molecule has 0 aromatic heterocycles. The second-order valence-corrected chi connectivity index (χ2v) is 9.13. The molecule has 1 aliphatic rings. The van der Waals surface area contributed by atoms with Gasteiger partial charge in [-0.2, -0.15) is 0 Å². The predicted octanol–water partition coefficient (Wildman–Crippen LogP) is 7.57. The van der Waals surface area contributed by atoms with Crippen LogP contribution < -0.4 is 4.74 Å². The summed E-state index contributed by atoms with van der Waals surface area (Å²) >= 11 is 0. The van der Waals surface area contributed by atoms with E-state index in [-0.39, 0.29) is 23.9 Å². The van der Waals surface area contributed by atoms with Crippen LogP contribution in [0.1, 0.15) is 61.6 Å². The zero-order valence-corrected chi connectivity index (χ0v) is 19.5. The molecule has 180 valence electrons. The second-order valence-electron chi connectivity index (χ2n) is 9.13. The highest BCUT2D eigenvalue weighted by atomic mass is 19.2. The number of aliphatic hydroxyl groups is 1. The maximum Gasteiger partial charge on any atom is 0.166 e. The molecule has 1 fully saturated rings. The first-order valence-electron chi connectivity index (χ1n) is 12.1. The van der Waals surface area contributed by atoms with Gasteiger partial charge in [0.05, 0.1) is 13.2 Å². The van der Waals surface area contributed by atoms with E-state index in [2.05, 4.69) is 0 Å². The van der Waals surface area contributed by atoms with Crippen molar-refractivity contribution in [2.75, 3.05) is 6.61 Å². The van der Waals surface area contributed by atoms with Crippen molar-refractivity contribution >= 4 is 0 Å². The minimum atomic E-state index is -0.817. The molecule has 1 saturated carbocycles. The predicted molar refractivity (Wildman–Crippen MR) is 128 cm³/mol. The molecular formula is C29H31F3O2. The molecule has 2 nitrogen and oxygen atoms in total. The second kappa shape index (κ2) is 11.1. The summed E-state index contributed by atoms with van der Waals surface area (Å²) in [7, 11) is 0. The van der Waals surface area contributed by atoms with E-state index in [1.54, 1.807) is 48.5 Å². The van der Waals surface area contributed by atoms with Crippen LogP contribution in [0, 0.1) is 23.4 Å². The van der Waals surface area contributed by atoms with Gasteiger partial charge in [0.1, 0.15) is 11.6 Å². The first-order valence-corrected chi connectivity index (χ1v) is 12.1. The topological polar surface area (TPSA) is 29.5 Å². The van der Waals surface area contributed by atoms with E-state index >= 15 is 4.39 Å². The van der Waals surface area contributed by atoms with Crippen molar-refractivity contribution in [1.82, 2.24) is 0 Å². The fourth-order valence-electron chi connectivity index (χ4n) is 5.00. The molecule has 0 atom stereocenters. The van der Waals surface area contributed by atoms with Gasteiger partial charge in [-0.3, -0.25) is 0 Å². The Labute approximate surface area is 199 Å². The van der Waals surface area contributed by atoms with Crippen LogP contribution in [0.5, 0.6) is 5.75 Å². The lowest BCUT2D eigenvalue weighted by Crippen LogP contribution is -2.15. The number of benzene rings is 3. The molecule has 5 heteroatoms. The van der Waals surface area contributed by atoms with Crippen LogP contribution in [0.2, 0.25) is 0 Å². The van der Waals surface area contributed by atoms with Gasteiger partial charge in [0.15, 0.2) is 11.6 Å². The van der Waals surface area contributed by atoms with Crippen molar-refractivity contribution < 1.29 is 23.0 Å². The molecule has 4 rings (SSSR count). The van der Waals surface area contributed by atoms with Crippen LogP contribution in [0.25, 0.3) is 11.1 Å². The number of ether oxygens (including phenoxy) is 1. The van der Waals surface area contributed by atoms with Gasteiger partial charge in [0.2, 0.25) is 0 Å². The molecule has 1 N–H and O–H groups in total. The lowest BCUT2D eigenvalue weighted by molar-refractivity contribution is 0.282. The normalized spacial score (nSPS) is 18.1. The SMILES string of the molecule is CCOc1ccc(CCC2CCC(c3ccc(-c4ccc(CO)cc4)c(F)c3F)CC2)c(F)c1. The van der Waals surface area contributed by atoms with Crippen molar-refractivity contribution in [3.05, 3.63) is 88.7 Å². The van der Waals surface area contributed by atoms with E-state index in [9.17, 15) is 13.9 Å². The summed E-state index contributed by atoms with van der Waals surface area (Å²) in [6.45, 7) is 2.29. The Bertz CT molecular complexity index is 1100. The summed E-state index contributed by atoms with van der Waals surface area (Å²) in [6, 6.07) is 15.2. The summed E-state index contributed by atoms with van der Waals surface area (Å²) in [5.41, 5.74) is 2.69. The average molecular weight is 469 g/mol. The van der Waals surface area contributed by atoms with E-state index in [1.165, 1.54) is 6.07 Å². The molecule has 0 saturated heterocycles. The molecule has 0 unspecified atom stereocenters. The molecule has 0 heterocycles. The van der Waals surface area contributed by atoms with Gasteiger partial charge in [0.25, 0.3) is 0 Å². The third-order valence-electron chi connectivity index (χ3n) is 7.00. The Hall–Kier alpha value is -2.79. The van der Waals surface area contributed by atoms with Gasteiger partial charge >= 0.3 is 0 Å². The van der Waals surface area contributed by atoms with E-state index in [0.29, 0.717) is 41.4 Å². The Morgan fingerprint density at radius 1 is 0.882 bits per heavy atom. The van der Waals surface area contributed by atoms with Crippen molar-refractivity contribution in [2.45, 2.75) is 58.0 Å². The molecule has 3 aromatic rings. The minimum Gasteiger partial charge on any atom is -0.494 e. The standard InChI is InChI=1S/C29H31F3O2/c1-2-34-24-14-13-23(27(30)17-24)12-5-19-3-8-21(9-4-19)25-15-16-26(29(32)28(25)31)22-10-6-20(18-33)7-11-22/h6-7,10-11,13-17,19,21,33H,2-5,8-9,12,18H2,1H3. The van der Waals surface area contributed by atoms with Crippen LogP contribution in [-0.2, 0) is 13.0 Å². The van der Waals surface area contributed by atoms with Gasteiger partial charge in [-0.15, -0.1) is 0 Å². The van der Waals surface area contributed by atoms with Crippen LogP contribution in [0.4, 0.5) is 13.2 Å². The van der Waals surface area contributed by atoms with Crippen molar-refractivity contribution in [3.63, 3.8) is 0 Å². The molecule has 0 aliphatic heterocycles. The van der Waals surface area contributed by atoms with Gasteiger partial charge in [-0.25, -0.2) is 13.2 Å². The molecule has 0 spiro atoms. The third-order valence-corrected chi connectivity index (χ3v) is 7.00. The molecule has 3 aromatic carbocycles.